The zero-order chi connectivity index (χ0) is 24.3. The summed E-state index contributed by atoms with van der Waals surface area (Å²) in [5.41, 5.74) is 7.29. The van der Waals surface area contributed by atoms with Crippen LogP contribution in [0.2, 0.25) is 10.0 Å². The summed E-state index contributed by atoms with van der Waals surface area (Å²) in [6.07, 6.45) is 4.30. The second kappa shape index (κ2) is 8.32. The van der Waals surface area contributed by atoms with Crippen molar-refractivity contribution < 1.29 is 13.6 Å². The lowest BCUT2D eigenvalue weighted by molar-refractivity contribution is 0.0426. The second-order valence-electron chi connectivity index (χ2n) is 9.13. The number of anilines is 1. The molecule has 1 amide bonds. The monoisotopic (exact) mass is 523 g/mol. The zero-order valence-electron chi connectivity index (χ0n) is 18.0. The average molecular weight is 524 g/mol. The van der Waals surface area contributed by atoms with E-state index in [0.717, 1.165) is 38.0 Å². The molecular formula is C23H21Cl2F2N5OS. The number of nitrogens with one attached hydrogen (secondary N) is 1. The minimum Gasteiger partial charge on any atom is -0.375 e. The van der Waals surface area contributed by atoms with Crippen LogP contribution in [0.1, 0.15) is 41.6 Å². The average Bonchev–Trinajstić information content (AvgIpc) is 3.69. The molecule has 2 aromatic rings. The lowest BCUT2D eigenvalue weighted by Crippen LogP contribution is -2.64. The molecular weight excluding hydrogens is 503 g/mol. The molecule has 0 aromatic heterocycles. The number of carbonyl (C=O) groups excluding carboxylic acids is 1. The number of rotatable bonds is 4. The van der Waals surface area contributed by atoms with Crippen LogP contribution in [-0.2, 0) is 0 Å². The first-order valence-corrected chi connectivity index (χ1v) is 11.9. The highest BCUT2D eigenvalue weighted by Gasteiger charge is 2.66. The highest BCUT2D eigenvalue weighted by molar-refractivity contribution is 7.80. The van der Waals surface area contributed by atoms with Gasteiger partial charge in [0.05, 0.1) is 33.6 Å². The molecule has 0 atom stereocenters. The van der Waals surface area contributed by atoms with Crippen molar-refractivity contribution in [3.8, 4) is 0 Å². The van der Waals surface area contributed by atoms with Gasteiger partial charge in [-0.25, -0.2) is 8.78 Å². The van der Waals surface area contributed by atoms with Gasteiger partial charge in [0.25, 0.3) is 5.91 Å². The van der Waals surface area contributed by atoms with E-state index in [2.05, 4.69) is 22.7 Å². The Hall–Kier alpha value is -2.49. The van der Waals surface area contributed by atoms with Crippen molar-refractivity contribution in [1.29, 1.82) is 0 Å². The van der Waals surface area contributed by atoms with E-state index in [-0.39, 0.29) is 22.3 Å². The van der Waals surface area contributed by atoms with Gasteiger partial charge in [-0.15, -0.1) is 0 Å². The first kappa shape index (κ1) is 23.3. The fourth-order valence-electron chi connectivity index (χ4n) is 4.91. The van der Waals surface area contributed by atoms with Crippen LogP contribution >= 0.6 is 35.4 Å². The molecule has 2 aromatic carbocycles. The third-order valence-corrected chi connectivity index (χ3v) is 7.36. The number of carbonyl (C=O) groups is 1. The largest absolute Gasteiger partial charge is 0.375 e. The van der Waals surface area contributed by atoms with Crippen LogP contribution in [0, 0.1) is 11.6 Å². The van der Waals surface area contributed by atoms with E-state index in [4.69, 9.17) is 28.9 Å². The SMILES string of the molecule is NC(=S)N/N=C/c1cc(F)c(N2CC3(CC3)N(C(=O)c3ccc(Cl)cc3Cl)C3(CC3)C2)cc1F. The molecule has 34 heavy (non-hydrogen) atoms. The lowest BCUT2D eigenvalue weighted by atomic mass is 9.98. The highest BCUT2D eigenvalue weighted by atomic mass is 35.5. The molecule has 1 saturated heterocycles. The van der Waals surface area contributed by atoms with E-state index < -0.39 is 22.7 Å². The number of benzene rings is 2. The van der Waals surface area contributed by atoms with E-state index in [1.54, 1.807) is 18.2 Å². The molecule has 3 aliphatic rings. The summed E-state index contributed by atoms with van der Waals surface area (Å²) in [4.78, 5) is 17.4. The lowest BCUT2D eigenvalue weighted by Gasteiger charge is -2.49. The number of hydrazone groups is 1. The van der Waals surface area contributed by atoms with Crippen LogP contribution in [0.3, 0.4) is 0 Å². The third kappa shape index (κ3) is 4.10. The van der Waals surface area contributed by atoms with Crippen molar-refractivity contribution in [2.45, 2.75) is 36.8 Å². The maximum atomic E-state index is 15.1. The van der Waals surface area contributed by atoms with Gasteiger partial charge in [-0.1, -0.05) is 23.2 Å². The summed E-state index contributed by atoms with van der Waals surface area (Å²) in [6.45, 7) is 0.830. The number of thiocarbonyl (C=S) groups is 1. The van der Waals surface area contributed by atoms with Crippen LogP contribution in [0.15, 0.2) is 35.4 Å². The molecule has 2 aliphatic carbocycles. The molecule has 5 rings (SSSR count). The molecule has 0 unspecified atom stereocenters. The van der Waals surface area contributed by atoms with Crippen LogP contribution in [0.25, 0.3) is 0 Å². The predicted molar refractivity (Wildman–Crippen MR) is 133 cm³/mol. The number of piperazine rings is 1. The van der Waals surface area contributed by atoms with E-state index in [1.807, 2.05) is 9.80 Å². The quantitative estimate of drug-likeness (QED) is 0.351. The fraction of sp³-hybridized carbons (Fsp3) is 0.348. The van der Waals surface area contributed by atoms with Gasteiger partial charge < -0.3 is 15.5 Å². The number of nitrogens with zero attached hydrogens (tertiary/aromatic N) is 3. The van der Waals surface area contributed by atoms with Crippen LogP contribution in [0.4, 0.5) is 14.5 Å². The van der Waals surface area contributed by atoms with Gasteiger partial charge in [-0.2, -0.15) is 5.10 Å². The van der Waals surface area contributed by atoms with E-state index in [0.29, 0.717) is 28.7 Å². The topological polar surface area (TPSA) is 74.0 Å². The van der Waals surface area contributed by atoms with Gasteiger partial charge in [0.2, 0.25) is 0 Å². The smallest absolute Gasteiger partial charge is 0.256 e. The van der Waals surface area contributed by atoms with Crippen molar-refractivity contribution in [1.82, 2.24) is 10.3 Å². The van der Waals surface area contributed by atoms with Gasteiger partial charge in [0.15, 0.2) is 5.11 Å². The number of nitrogens with two attached hydrogens (primary N) is 1. The van der Waals surface area contributed by atoms with Gasteiger partial charge in [-0.3, -0.25) is 10.2 Å². The molecule has 1 aliphatic heterocycles. The molecule has 178 valence electrons. The Bertz CT molecular complexity index is 1210. The molecule has 3 fully saturated rings. The van der Waals surface area contributed by atoms with Gasteiger partial charge in [0.1, 0.15) is 11.6 Å². The Labute approximate surface area is 210 Å². The zero-order valence-corrected chi connectivity index (χ0v) is 20.3. The molecule has 6 nitrogen and oxygen atoms in total. The molecule has 1 heterocycles. The number of amides is 1. The Balaban J connectivity index is 1.43. The number of hydrogen-bond acceptors (Lipinski definition) is 4. The Kier molecular flexibility index (Phi) is 5.69. The first-order valence-electron chi connectivity index (χ1n) is 10.8. The van der Waals surface area contributed by atoms with Crippen LogP contribution < -0.4 is 16.1 Å². The molecule has 2 saturated carbocycles. The summed E-state index contributed by atoms with van der Waals surface area (Å²) in [6, 6.07) is 7.13. The first-order chi connectivity index (χ1) is 16.1. The summed E-state index contributed by atoms with van der Waals surface area (Å²) in [5.74, 6) is -1.32. The molecule has 0 radical (unpaired) electrons. The fourth-order valence-corrected chi connectivity index (χ4v) is 5.45. The van der Waals surface area contributed by atoms with E-state index in [9.17, 15) is 9.18 Å². The van der Waals surface area contributed by atoms with Crippen molar-refractivity contribution in [2.24, 2.45) is 10.8 Å². The summed E-state index contributed by atoms with van der Waals surface area (Å²) < 4.78 is 29.9. The van der Waals surface area contributed by atoms with Crippen LogP contribution in [-0.4, -0.2) is 46.3 Å². The second-order valence-corrected chi connectivity index (χ2v) is 10.4. The normalized spacial score (nSPS) is 19.6. The summed E-state index contributed by atoms with van der Waals surface area (Å²) >= 11 is 17.0. The van der Waals surface area contributed by atoms with Crippen molar-refractivity contribution in [3.63, 3.8) is 0 Å². The van der Waals surface area contributed by atoms with E-state index >= 15 is 4.39 Å². The van der Waals surface area contributed by atoms with Gasteiger partial charge in [-0.05, 0) is 62.2 Å². The Morgan fingerprint density at radius 1 is 1.09 bits per heavy atom. The molecule has 2 spiro atoms. The van der Waals surface area contributed by atoms with Crippen molar-refractivity contribution >= 4 is 58.3 Å². The van der Waals surface area contributed by atoms with E-state index in [1.165, 1.54) is 6.07 Å². The van der Waals surface area contributed by atoms with Gasteiger partial charge >= 0.3 is 0 Å². The van der Waals surface area contributed by atoms with Crippen molar-refractivity contribution in [3.05, 3.63) is 63.1 Å². The van der Waals surface area contributed by atoms with Crippen LogP contribution in [0.5, 0.6) is 0 Å². The number of hydrogen-bond donors (Lipinski definition) is 2. The Morgan fingerprint density at radius 3 is 2.29 bits per heavy atom. The Morgan fingerprint density at radius 2 is 1.74 bits per heavy atom. The van der Waals surface area contributed by atoms with Gasteiger partial charge in [0, 0.05) is 29.7 Å². The minimum atomic E-state index is -0.619. The standard InChI is InChI=1S/C23H21Cl2F2N5OS/c24-14-1-2-15(16(25)8-14)20(33)32-22(3-4-22)11-31(12-23(32)5-6-23)19-9-17(26)13(7-18(19)27)10-29-30-21(28)34/h1-2,7-10H,3-6,11-12H2,(H3,28,30,34)/b29-10+. The maximum Gasteiger partial charge on any atom is 0.256 e. The molecule has 0 bridgehead atoms. The minimum absolute atomic E-state index is 0.0292. The van der Waals surface area contributed by atoms with Crippen molar-refractivity contribution in [2.75, 3.05) is 18.0 Å². The molecule has 3 N–H and O–H groups in total. The highest BCUT2D eigenvalue weighted by Crippen LogP contribution is 2.58. The molecule has 11 heteroatoms. The maximum absolute atomic E-state index is 15.1. The summed E-state index contributed by atoms with van der Waals surface area (Å²) in [7, 11) is 0. The third-order valence-electron chi connectivity index (χ3n) is 6.72. The predicted octanol–water partition coefficient (Wildman–Crippen LogP) is 4.47. The number of halogens is 4. The summed E-state index contributed by atoms with van der Waals surface area (Å²) in [5, 5.41) is 4.39.